The Bertz CT molecular complexity index is 2300. The standard InChI is InChI=1S/C39H44BrN10O4P/c1-24-20-31(45-38-43-22-28(40)37(47-38)44-30-11-10-29-35(42-16-15-41-29)36(30)55(4,5)53)33(54-3)21-32(24)49-17-12-26(13-18-49)48(2)23-25-6-8-27(9-7-25)50-19-14-34(51)46-39(50)52/h6-11,15-16,20-22,26H,12-14,17-19,23H2,1-5H3,(H,46,51,52)(H2,43,44,45,47). The van der Waals surface area contributed by atoms with Crippen molar-refractivity contribution in [1.29, 1.82) is 0 Å². The number of aromatic nitrogens is 4. The molecule has 3 N–H and O–H groups in total. The van der Waals surface area contributed by atoms with E-state index in [4.69, 9.17) is 9.72 Å². The molecule has 3 aromatic carbocycles. The summed E-state index contributed by atoms with van der Waals surface area (Å²) in [7, 11) is 1.06. The van der Waals surface area contributed by atoms with E-state index in [2.05, 4.69) is 94.9 Å². The van der Waals surface area contributed by atoms with Crippen molar-refractivity contribution in [2.75, 3.05) is 67.6 Å². The molecule has 5 aromatic rings. The Hall–Kier alpha value is -5.11. The molecule has 2 aliphatic rings. The number of rotatable bonds is 11. The van der Waals surface area contributed by atoms with Gasteiger partial charge in [0.25, 0.3) is 0 Å². The average molecular weight is 828 g/mol. The summed E-state index contributed by atoms with van der Waals surface area (Å²) in [6.45, 7) is 8.54. The van der Waals surface area contributed by atoms with Crippen LogP contribution in [0.2, 0.25) is 0 Å². The zero-order valence-electron chi connectivity index (χ0n) is 31.5. The van der Waals surface area contributed by atoms with Gasteiger partial charge in [0.05, 0.1) is 33.8 Å². The summed E-state index contributed by atoms with van der Waals surface area (Å²) in [5, 5.41) is 9.69. The van der Waals surface area contributed by atoms with E-state index in [0.29, 0.717) is 63.0 Å². The number of carbonyl (C=O) groups is 2. The number of imide groups is 1. The van der Waals surface area contributed by atoms with E-state index >= 15 is 0 Å². The van der Waals surface area contributed by atoms with Crippen molar-refractivity contribution >= 4 is 85.9 Å². The summed E-state index contributed by atoms with van der Waals surface area (Å²) in [6, 6.07) is 15.9. The van der Waals surface area contributed by atoms with Crippen LogP contribution in [0.25, 0.3) is 11.0 Å². The number of methoxy groups -OCH3 is 1. The van der Waals surface area contributed by atoms with Crippen molar-refractivity contribution in [3.05, 3.63) is 82.7 Å². The number of benzene rings is 3. The van der Waals surface area contributed by atoms with E-state index in [0.717, 1.165) is 55.1 Å². The molecule has 0 radical (unpaired) electrons. The third kappa shape index (κ3) is 8.43. The van der Waals surface area contributed by atoms with Crippen molar-refractivity contribution in [2.24, 2.45) is 0 Å². The van der Waals surface area contributed by atoms with Gasteiger partial charge in [0, 0.05) is 74.7 Å². The minimum absolute atomic E-state index is 0.235. The second kappa shape index (κ2) is 15.9. The number of ether oxygens (including phenoxy) is 1. The van der Waals surface area contributed by atoms with Crippen LogP contribution in [-0.4, -0.2) is 89.9 Å². The van der Waals surface area contributed by atoms with E-state index in [1.54, 1.807) is 43.9 Å². The summed E-state index contributed by atoms with van der Waals surface area (Å²) >= 11 is 3.57. The number of nitrogens with zero attached hydrogens (tertiary/aromatic N) is 7. The average Bonchev–Trinajstić information content (AvgIpc) is 3.16. The molecule has 55 heavy (non-hydrogen) atoms. The molecule has 0 atom stereocenters. The zero-order chi connectivity index (χ0) is 38.9. The molecule has 2 saturated heterocycles. The highest BCUT2D eigenvalue weighted by Crippen LogP contribution is 2.42. The molecule has 0 spiro atoms. The topological polar surface area (TPSA) is 158 Å². The van der Waals surface area contributed by atoms with Crippen LogP contribution in [0.15, 0.2) is 71.6 Å². The summed E-state index contributed by atoms with van der Waals surface area (Å²) < 4.78 is 20.0. The molecular formula is C39H44BrN10O4P. The van der Waals surface area contributed by atoms with Crippen molar-refractivity contribution in [1.82, 2.24) is 30.2 Å². The van der Waals surface area contributed by atoms with Crippen LogP contribution >= 0.6 is 23.1 Å². The number of aryl methyl sites for hydroxylation is 1. The first-order valence-corrected chi connectivity index (χ1v) is 21.5. The lowest BCUT2D eigenvalue weighted by Gasteiger charge is -2.38. The van der Waals surface area contributed by atoms with Crippen LogP contribution < -0.4 is 35.8 Å². The van der Waals surface area contributed by atoms with Crippen molar-refractivity contribution < 1.29 is 18.9 Å². The number of anilines is 6. The number of nitrogens with one attached hydrogen (secondary N) is 3. The molecule has 0 saturated carbocycles. The summed E-state index contributed by atoms with van der Waals surface area (Å²) in [4.78, 5) is 48.3. The smallest absolute Gasteiger partial charge is 0.328 e. The van der Waals surface area contributed by atoms with Crippen LogP contribution in [0.1, 0.15) is 30.4 Å². The Morgan fingerprint density at radius 3 is 2.44 bits per heavy atom. The summed E-state index contributed by atoms with van der Waals surface area (Å²) in [6.07, 6.45) is 7.22. The maximum atomic E-state index is 13.5. The predicted molar refractivity (Wildman–Crippen MR) is 221 cm³/mol. The van der Waals surface area contributed by atoms with Gasteiger partial charge in [-0.3, -0.25) is 29.9 Å². The van der Waals surface area contributed by atoms with Crippen LogP contribution in [0.5, 0.6) is 5.75 Å². The van der Waals surface area contributed by atoms with Crippen LogP contribution in [-0.2, 0) is 15.9 Å². The minimum atomic E-state index is -2.77. The van der Waals surface area contributed by atoms with Gasteiger partial charge in [-0.15, -0.1) is 0 Å². The monoisotopic (exact) mass is 826 g/mol. The second-order valence-corrected chi connectivity index (χ2v) is 18.3. The lowest BCUT2D eigenvalue weighted by molar-refractivity contribution is -0.120. The SMILES string of the molecule is COc1cc(N2CCC(N(C)Cc3ccc(N4CCC(=O)NC4=O)cc3)CC2)c(C)cc1Nc1ncc(Br)c(Nc2ccc3nccnc3c2P(C)(C)=O)n1. The molecule has 2 aromatic heterocycles. The molecule has 16 heteroatoms. The normalized spacial score (nSPS) is 15.4. The Labute approximate surface area is 328 Å². The Balaban J connectivity index is 1.00. The Morgan fingerprint density at radius 2 is 1.73 bits per heavy atom. The molecular weight excluding hydrogens is 783 g/mol. The van der Waals surface area contributed by atoms with Gasteiger partial charge in [0.1, 0.15) is 24.2 Å². The van der Waals surface area contributed by atoms with Gasteiger partial charge in [-0.25, -0.2) is 9.78 Å². The predicted octanol–water partition coefficient (Wildman–Crippen LogP) is 6.78. The maximum absolute atomic E-state index is 13.5. The maximum Gasteiger partial charge on any atom is 0.328 e. The van der Waals surface area contributed by atoms with Crippen LogP contribution in [0.4, 0.5) is 39.3 Å². The van der Waals surface area contributed by atoms with Gasteiger partial charge in [-0.05, 0) is 97.5 Å². The number of hydrogen-bond donors (Lipinski definition) is 3. The number of halogens is 1. The molecule has 2 aliphatic heterocycles. The number of amides is 3. The van der Waals surface area contributed by atoms with Gasteiger partial charge < -0.3 is 24.8 Å². The summed E-state index contributed by atoms with van der Waals surface area (Å²) in [5.41, 5.74) is 6.82. The van der Waals surface area contributed by atoms with Crippen LogP contribution in [0, 0.1) is 6.92 Å². The highest BCUT2D eigenvalue weighted by atomic mass is 79.9. The lowest BCUT2D eigenvalue weighted by atomic mass is 10.0. The number of carbonyl (C=O) groups excluding carboxylic acids is 2. The Kier molecular flexibility index (Phi) is 11.1. The molecule has 14 nitrogen and oxygen atoms in total. The van der Waals surface area contributed by atoms with E-state index < -0.39 is 7.14 Å². The second-order valence-electron chi connectivity index (χ2n) is 14.3. The number of hydrogen-bond acceptors (Lipinski definition) is 12. The number of piperidine rings is 1. The van der Waals surface area contributed by atoms with Gasteiger partial charge in [-0.2, -0.15) is 4.98 Å². The molecule has 2 fully saturated rings. The molecule has 4 heterocycles. The van der Waals surface area contributed by atoms with E-state index in [9.17, 15) is 14.2 Å². The van der Waals surface area contributed by atoms with Crippen molar-refractivity contribution in [2.45, 2.75) is 38.8 Å². The van der Waals surface area contributed by atoms with Crippen molar-refractivity contribution in [3.8, 4) is 5.75 Å². The van der Waals surface area contributed by atoms with Crippen LogP contribution in [0.3, 0.4) is 0 Å². The number of urea groups is 1. The first-order valence-electron chi connectivity index (χ1n) is 18.1. The minimum Gasteiger partial charge on any atom is -0.494 e. The highest BCUT2D eigenvalue weighted by Gasteiger charge is 2.27. The van der Waals surface area contributed by atoms with Gasteiger partial charge in [0.15, 0.2) is 0 Å². The largest absolute Gasteiger partial charge is 0.494 e. The first-order chi connectivity index (χ1) is 26.4. The fourth-order valence-corrected chi connectivity index (χ4v) is 8.96. The fraction of sp³-hybridized carbons (Fsp3) is 0.333. The molecule has 7 rings (SSSR count). The number of fused-ring (bicyclic) bond motifs is 1. The van der Waals surface area contributed by atoms with Crippen molar-refractivity contribution in [3.63, 3.8) is 0 Å². The van der Waals surface area contributed by atoms with E-state index in [1.807, 2.05) is 24.3 Å². The molecule has 286 valence electrons. The first kappa shape index (κ1) is 38.2. The molecule has 0 bridgehead atoms. The molecule has 3 amide bonds. The third-order valence-corrected chi connectivity index (χ3v) is 12.2. The molecule has 0 unspecified atom stereocenters. The summed E-state index contributed by atoms with van der Waals surface area (Å²) in [5.74, 6) is 1.30. The zero-order valence-corrected chi connectivity index (χ0v) is 33.9. The van der Waals surface area contributed by atoms with Gasteiger partial charge >= 0.3 is 6.03 Å². The van der Waals surface area contributed by atoms with E-state index in [1.165, 1.54) is 5.56 Å². The lowest BCUT2D eigenvalue weighted by Crippen LogP contribution is -2.49. The quantitative estimate of drug-likeness (QED) is 0.120. The Morgan fingerprint density at radius 1 is 0.982 bits per heavy atom. The highest BCUT2D eigenvalue weighted by molar-refractivity contribution is 9.10. The van der Waals surface area contributed by atoms with Gasteiger partial charge in [-0.1, -0.05) is 12.1 Å². The van der Waals surface area contributed by atoms with E-state index in [-0.39, 0.29) is 11.9 Å². The van der Waals surface area contributed by atoms with Gasteiger partial charge in [0.2, 0.25) is 11.9 Å². The molecule has 0 aliphatic carbocycles. The fourth-order valence-electron chi connectivity index (χ4n) is 7.27. The third-order valence-electron chi connectivity index (χ3n) is 10.1.